The van der Waals surface area contributed by atoms with Crippen molar-refractivity contribution >= 4 is 5.57 Å². The third kappa shape index (κ3) is 2.43. The average molecular weight is 240 g/mol. The highest BCUT2D eigenvalue weighted by atomic mass is 14.3. The maximum Gasteiger partial charge on any atom is -0.0152 e. The van der Waals surface area contributed by atoms with E-state index >= 15 is 0 Å². The van der Waals surface area contributed by atoms with Crippen molar-refractivity contribution in [3.05, 3.63) is 52.6 Å². The Labute approximate surface area is 111 Å². The zero-order valence-electron chi connectivity index (χ0n) is 12.1. The van der Waals surface area contributed by atoms with Crippen LogP contribution in [0, 0.1) is 12.8 Å². The fraction of sp³-hybridized carbons (Fsp3) is 0.444. The Balaban J connectivity index is 2.58. The minimum Gasteiger partial charge on any atom is -0.0870 e. The second-order valence-corrected chi connectivity index (χ2v) is 5.45. The lowest BCUT2D eigenvalue weighted by Crippen LogP contribution is -2.13. The Bertz CT molecular complexity index is 489. The number of aryl methyl sites for hydroxylation is 1. The average Bonchev–Trinajstić information content (AvgIpc) is 2.33. The Morgan fingerprint density at radius 1 is 1.33 bits per heavy atom. The van der Waals surface area contributed by atoms with Gasteiger partial charge in [0.1, 0.15) is 0 Å². The van der Waals surface area contributed by atoms with Crippen molar-refractivity contribution in [1.29, 1.82) is 0 Å². The van der Waals surface area contributed by atoms with Crippen LogP contribution in [0.25, 0.3) is 5.57 Å². The summed E-state index contributed by atoms with van der Waals surface area (Å²) in [5, 5.41) is 0. The van der Waals surface area contributed by atoms with Crippen LogP contribution in [0.4, 0.5) is 0 Å². The van der Waals surface area contributed by atoms with Crippen LogP contribution in [-0.4, -0.2) is 0 Å². The zero-order valence-corrected chi connectivity index (χ0v) is 12.1. The van der Waals surface area contributed by atoms with Crippen LogP contribution in [0.5, 0.6) is 0 Å². The Kier molecular flexibility index (Phi) is 4.06. The molecule has 18 heavy (non-hydrogen) atoms. The molecule has 1 aromatic rings. The summed E-state index contributed by atoms with van der Waals surface area (Å²) in [6.45, 7) is 8.95. The molecule has 0 heteroatoms. The van der Waals surface area contributed by atoms with Gasteiger partial charge >= 0.3 is 0 Å². The van der Waals surface area contributed by atoms with Crippen molar-refractivity contribution in [3.8, 4) is 0 Å². The van der Waals surface area contributed by atoms with Crippen LogP contribution in [0.1, 0.15) is 50.3 Å². The molecular formula is C18H24. The molecule has 0 N–H and O–H groups in total. The second-order valence-electron chi connectivity index (χ2n) is 5.45. The van der Waals surface area contributed by atoms with Gasteiger partial charge in [-0.15, -0.1) is 0 Å². The van der Waals surface area contributed by atoms with E-state index in [4.69, 9.17) is 0 Å². The van der Waals surface area contributed by atoms with Crippen LogP contribution in [0.15, 0.2) is 35.9 Å². The molecule has 1 unspecified atom stereocenters. The minimum absolute atomic E-state index is 0.686. The predicted octanol–water partition coefficient (Wildman–Crippen LogP) is 5.32. The smallest absolute Gasteiger partial charge is 0.0152 e. The minimum atomic E-state index is 0.686. The van der Waals surface area contributed by atoms with Gasteiger partial charge in [0, 0.05) is 0 Å². The van der Waals surface area contributed by atoms with Crippen molar-refractivity contribution in [1.82, 2.24) is 0 Å². The fourth-order valence-corrected chi connectivity index (χ4v) is 3.06. The summed E-state index contributed by atoms with van der Waals surface area (Å²) < 4.78 is 0. The molecule has 0 aliphatic heterocycles. The van der Waals surface area contributed by atoms with Crippen molar-refractivity contribution in [2.24, 2.45) is 5.92 Å². The van der Waals surface area contributed by atoms with Gasteiger partial charge in [0.2, 0.25) is 0 Å². The number of benzene rings is 1. The van der Waals surface area contributed by atoms with Gasteiger partial charge in [-0.25, -0.2) is 0 Å². The van der Waals surface area contributed by atoms with E-state index < -0.39 is 0 Å². The predicted molar refractivity (Wildman–Crippen MR) is 80.7 cm³/mol. The van der Waals surface area contributed by atoms with Crippen LogP contribution >= 0.6 is 0 Å². The molecule has 0 nitrogen and oxygen atoms in total. The first-order valence-electron chi connectivity index (χ1n) is 7.13. The summed E-state index contributed by atoms with van der Waals surface area (Å²) in [5.74, 6) is 0.686. The molecule has 0 saturated carbocycles. The fourth-order valence-electron chi connectivity index (χ4n) is 3.06. The first-order chi connectivity index (χ1) is 8.67. The number of rotatable bonds is 3. The van der Waals surface area contributed by atoms with Gasteiger partial charge < -0.3 is 0 Å². The molecule has 0 amide bonds. The van der Waals surface area contributed by atoms with Gasteiger partial charge in [-0.05, 0) is 49.3 Å². The molecule has 0 heterocycles. The summed E-state index contributed by atoms with van der Waals surface area (Å²) >= 11 is 0. The molecule has 96 valence electrons. The van der Waals surface area contributed by atoms with Crippen molar-refractivity contribution < 1.29 is 0 Å². The highest BCUT2D eigenvalue weighted by molar-refractivity contribution is 5.80. The molecule has 1 aliphatic carbocycles. The van der Waals surface area contributed by atoms with E-state index in [9.17, 15) is 0 Å². The molecule has 0 radical (unpaired) electrons. The van der Waals surface area contributed by atoms with Gasteiger partial charge in [0.25, 0.3) is 0 Å². The van der Waals surface area contributed by atoms with E-state index in [-0.39, 0.29) is 0 Å². The molecule has 1 atom stereocenters. The number of hydrogen-bond donors (Lipinski definition) is 0. The third-order valence-electron chi connectivity index (χ3n) is 3.87. The van der Waals surface area contributed by atoms with E-state index in [0.29, 0.717) is 5.92 Å². The normalized spacial score (nSPS) is 19.4. The monoisotopic (exact) mass is 240 g/mol. The SMILES string of the molecule is C/C=C\C1=C(CCC)C(C)Cc2cc(C)ccc21. The van der Waals surface area contributed by atoms with E-state index in [1.807, 2.05) is 0 Å². The summed E-state index contributed by atoms with van der Waals surface area (Å²) in [7, 11) is 0. The van der Waals surface area contributed by atoms with Crippen LogP contribution in [0.2, 0.25) is 0 Å². The number of allylic oxidation sites excluding steroid dienone is 4. The summed E-state index contributed by atoms with van der Waals surface area (Å²) in [5.41, 5.74) is 7.48. The lowest BCUT2D eigenvalue weighted by atomic mass is 9.77. The molecule has 0 aromatic heterocycles. The van der Waals surface area contributed by atoms with E-state index in [0.717, 1.165) is 0 Å². The van der Waals surface area contributed by atoms with Crippen LogP contribution < -0.4 is 0 Å². The molecule has 0 saturated heterocycles. The molecule has 0 bridgehead atoms. The molecular weight excluding hydrogens is 216 g/mol. The molecule has 0 spiro atoms. The van der Waals surface area contributed by atoms with Crippen LogP contribution in [-0.2, 0) is 6.42 Å². The van der Waals surface area contributed by atoms with Gasteiger partial charge in [-0.2, -0.15) is 0 Å². The van der Waals surface area contributed by atoms with Gasteiger partial charge in [0.05, 0.1) is 0 Å². The van der Waals surface area contributed by atoms with E-state index in [1.54, 1.807) is 5.57 Å². The first kappa shape index (κ1) is 13.1. The maximum atomic E-state index is 2.37. The van der Waals surface area contributed by atoms with Crippen molar-refractivity contribution in [2.75, 3.05) is 0 Å². The quantitative estimate of drug-likeness (QED) is 0.671. The van der Waals surface area contributed by atoms with Crippen LogP contribution in [0.3, 0.4) is 0 Å². The Hall–Kier alpha value is -1.30. The maximum absolute atomic E-state index is 2.37. The first-order valence-corrected chi connectivity index (χ1v) is 7.13. The van der Waals surface area contributed by atoms with Crippen molar-refractivity contribution in [3.63, 3.8) is 0 Å². The summed E-state index contributed by atoms with van der Waals surface area (Å²) in [6.07, 6.45) is 8.14. The third-order valence-corrected chi connectivity index (χ3v) is 3.87. The highest BCUT2D eigenvalue weighted by Crippen LogP contribution is 2.38. The lowest BCUT2D eigenvalue weighted by molar-refractivity contribution is 0.628. The Morgan fingerprint density at radius 2 is 2.11 bits per heavy atom. The largest absolute Gasteiger partial charge is 0.0870 e. The standard InChI is InChI=1S/C18H24/c1-5-7-16-14(4)12-15-11-13(3)9-10-17(15)18(16)8-6-2/h6,8-11,14H,5,7,12H2,1-4H3/b8-6-. The number of fused-ring (bicyclic) bond motifs is 1. The highest BCUT2D eigenvalue weighted by Gasteiger charge is 2.22. The molecule has 2 rings (SSSR count). The second kappa shape index (κ2) is 5.56. The molecule has 0 fully saturated rings. The van der Waals surface area contributed by atoms with E-state index in [1.165, 1.54) is 41.5 Å². The van der Waals surface area contributed by atoms with Gasteiger partial charge in [-0.1, -0.05) is 61.8 Å². The Morgan fingerprint density at radius 3 is 2.78 bits per heavy atom. The zero-order chi connectivity index (χ0) is 13.1. The van der Waals surface area contributed by atoms with Crippen molar-refractivity contribution in [2.45, 2.75) is 47.0 Å². The summed E-state index contributed by atoms with van der Waals surface area (Å²) in [6, 6.07) is 6.90. The lowest BCUT2D eigenvalue weighted by Gasteiger charge is -2.27. The summed E-state index contributed by atoms with van der Waals surface area (Å²) in [4.78, 5) is 0. The molecule has 1 aromatic carbocycles. The topological polar surface area (TPSA) is 0 Å². The van der Waals surface area contributed by atoms with Gasteiger partial charge in [0.15, 0.2) is 0 Å². The van der Waals surface area contributed by atoms with Gasteiger partial charge in [-0.3, -0.25) is 0 Å². The van der Waals surface area contributed by atoms with E-state index in [2.05, 4.69) is 58.0 Å². The molecule has 1 aliphatic rings. The number of hydrogen-bond acceptors (Lipinski definition) is 0.